The van der Waals surface area contributed by atoms with Crippen LogP contribution in [-0.2, 0) is 6.42 Å². The van der Waals surface area contributed by atoms with Crippen molar-refractivity contribution < 1.29 is 10.0 Å². The second-order valence-electron chi connectivity index (χ2n) is 3.35. The van der Waals surface area contributed by atoms with Crippen molar-refractivity contribution >= 4 is 23.3 Å². The fourth-order valence-corrected chi connectivity index (χ4v) is 2.49. The maximum absolute atomic E-state index is 11.8. The van der Waals surface area contributed by atoms with E-state index in [1.165, 1.54) is 11.8 Å². The van der Waals surface area contributed by atoms with Gasteiger partial charge in [0.2, 0.25) is 5.78 Å². The first-order valence-electron chi connectivity index (χ1n) is 4.77. The van der Waals surface area contributed by atoms with Gasteiger partial charge in [-0.05, 0) is 24.1 Å². The zero-order chi connectivity index (χ0) is 10.8. The van der Waals surface area contributed by atoms with Crippen LogP contribution in [0.5, 0.6) is 0 Å². The Morgan fingerprint density at radius 1 is 1.53 bits per heavy atom. The van der Waals surface area contributed by atoms with Crippen molar-refractivity contribution in [2.24, 2.45) is 5.16 Å². The molecule has 2 rings (SSSR count). The number of Topliss-reactive ketones (excluding diaryl/α,β-unsaturated/α-hetero) is 1. The molecule has 15 heavy (non-hydrogen) atoms. The van der Waals surface area contributed by atoms with E-state index < -0.39 is 0 Å². The van der Waals surface area contributed by atoms with E-state index in [2.05, 4.69) is 5.16 Å². The van der Waals surface area contributed by atoms with Gasteiger partial charge in [-0.3, -0.25) is 4.79 Å². The molecule has 78 valence electrons. The molecule has 1 N–H and O–H groups in total. The third-order valence-electron chi connectivity index (χ3n) is 2.44. The Hall–Kier alpha value is -1.29. The van der Waals surface area contributed by atoms with Crippen LogP contribution in [0.4, 0.5) is 0 Å². The second kappa shape index (κ2) is 4.06. The molecule has 4 heteroatoms. The summed E-state index contributed by atoms with van der Waals surface area (Å²) in [5, 5.41) is 11.7. The molecule has 0 saturated carbocycles. The Balaban J connectivity index is 2.49. The molecule has 3 nitrogen and oxygen atoms in total. The topological polar surface area (TPSA) is 49.7 Å². The number of thioether (sulfide) groups is 1. The van der Waals surface area contributed by atoms with E-state index in [1.54, 1.807) is 0 Å². The molecule has 0 amide bonds. The van der Waals surface area contributed by atoms with E-state index in [-0.39, 0.29) is 11.5 Å². The number of benzene rings is 1. The summed E-state index contributed by atoms with van der Waals surface area (Å²) in [6, 6.07) is 5.88. The molecule has 0 atom stereocenters. The minimum atomic E-state index is -0.151. The van der Waals surface area contributed by atoms with Crippen LogP contribution in [0.15, 0.2) is 28.3 Å². The molecule has 1 aromatic rings. The lowest BCUT2D eigenvalue weighted by Gasteiger charge is -2.15. The summed E-state index contributed by atoms with van der Waals surface area (Å²) in [5.41, 5.74) is 2.03. The molecule has 1 aromatic carbocycles. The van der Waals surface area contributed by atoms with Gasteiger partial charge in [-0.2, -0.15) is 0 Å². The average Bonchev–Trinajstić information content (AvgIpc) is 2.29. The molecule has 1 aliphatic heterocycles. The first kappa shape index (κ1) is 10.2. The van der Waals surface area contributed by atoms with Crippen molar-refractivity contribution in [3.63, 3.8) is 0 Å². The van der Waals surface area contributed by atoms with Crippen LogP contribution in [0.2, 0.25) is 0 Å². The highest BCUT2D eigenvalue weighted by Gasteiger charge is 2.24. The summed E-state index contributed by atoms with van der Waals surface area (Å²) in [6.45, 7) is 2.04. The van der Waals surface area contributed by atoms with Gasteiger partial charge in [-0.25, -0.2) is 0 Å². The number of carbonyl (C=O) groups excluding carboxylic acids is 1. The predicted molar refractivity (Wildman–Crippen MR) is 60.1 cm³/mol. The van der Waals surface area contributed by atoms with Gasteiger partial charge in [0.1, 0.15) is 5.71 Å². The highest BCUT2D eigenvalue weighted by atomic mass is 32.2. The van der Waals surface area contributed by atoms with Gasteiger partial charge in [-0.15, -0.1) is 11.8 Å². The molecule has 0 radical (unpaired) electrons. The molecule has 0 bridgehead atoms. The zero-order valence-electron chi connectivity index (χ0n) is 8.36. The van der Waals surface area contributed by atoms with Crippen molar-refractivity contribution in [1.82, 2.24) is 0 Å². The fraction of sp³-hybridized carbons (Fsp3) is 0.273. The van der Waals surface area contributed by atoms with E-state index in [1.807, 2.05) is 25.1 Å². The summed E-state index contributed by atoms with van der Waals surface area (Å²) in [7, 11) is 0. The number of carbonyl (C=O) groups is 1. The monoisotopic (exact) mass is 221 g/mol. The van der Waals surface area contributed by atoms with Gasteiger partial charge in [0.25, 0.3) is 0 Å². The number of hydrogen-bond donors (Lipinski definition) is 1. The first-order chi connectivity index (χ1) is 7.26. The van der Waals surface area contributed by atoms with Gasteiger partial charge in [-0.1, -0.05) is 18.1 Å². The Bertz CT molecular complexity index is 440. The van der Waals surface area contributed by atoms with Crippen LogP contribution >= 0.6 is 11.8 Å². The number of ketones is 1. The average molecular weight is 221 g/mol. The van der Waals surface area contributed by atoms with E-state index >= 15 is 0 Å². The SMILES string of the molecule is CCc1ccc2c(c1)C(=O)C(=NO)CS2. The predicted octanol–water partition coefficient (Wildman–Crippen LogP) is 2.37. The van der Waals surface area contributed by atoms with Crippen LogP contribution in [-0.4, -0.2) is 22.5 Å². The van der Waals surface area contributed by atoms with Crippen molar-refractivity contribution in [3.8, 4) is 0 Å². The maximum Gasteiger partial charge on any atom is 0.212 e. The van der Waals surface area contributed by atoms with E-state index in [0.717, 1.165) is 16.9 Å². The summed E-state index contributed by atoms with van der Waals surface area (Å²) < 4.78 is 0. The lowest BCUT2D eigenvalue weighted by molar-refractivity contribution is 0.105. The van der Waals surface area contributed by atoms with Crippen LogP contribution in [0.25, 0.3) is 0 Å². The van der Waals surface area contributed by atoms with Crippen molar-refractivity contribution in [1.29, 1.82) is 0 Å². The smallest absolute Gasteiger partial charge is 0.212 e. The number of aryl methyl sites for hydroxylation is 1. The minimum Gasteiger partial charge on any atom is -0.411 e. The Morgan fingerprint density at radius 2 is 2.33 bits per heavy atom. The van der Waals surface area contributed by atoms with Gasteiger partial charge in [0, 0.05) is 16.2 Å². The van der Waals surface area contributed by atoms with Crippen LogP contribution in [0.3, 0.4) is 0 Å². The van der Waals surface area contributed by atoms with Crippen molar-refractivity contribution in [3.05, 3.63) is 29.3 Å². The Labute approximate surface area is 92.2 Å². The summed E-state index contributed by atoms with van der Waals surface area (Å²) in [5.74, 6) is 0.301. The van der Waals surface area contributed by atoms with Crippen molar-refractivity contribution in [2.45, 2.75) is 18.2 Å². The molecule has 1 heterocycles. The lowest BCUT2D eigenvalue weighted by Crippen LogP contribution is -2.22. The maximum atomic E-state index is 11.8. The number of fused-ring (bicyclic) bond motifs is 1. The second-order valence-corrected chi connectivity index (χ2v) is 4.37. The zero-order valence-corrected chi connectivity index (χ0v) is 9.17. The van der Waals surface area contributed by atoms with E-state index in [9.17, 15) is 4.79 Å². The van der Waals surface area contributed by atoms with Gasteiger partial charge >= 0.3 is 0 Å². The van der Waals surface area contributed by atoms with E-state index in [4.69, 9.17) is 5.21 Å². The Kier molecular flexibility index (Phi) is 2.77. The summed E-state index contributed by atoms with van der Waals surface area (Å²) >= 11 is 1.53. The number of nitrogens with zero attached hydrogens (tertiary/aromatic N) is 1. The third-order valence-corrected chi connectivity index (χ3v) is 3.53. The molecular formula is C11H11NO2S. The van der Waals surface area contributed by atoms with Crippen molar-refractivity contribution in [2.75, 3.05) is 5.75 Å². The third kappa shape index (κ3) is 1.77. The fourth-order valence-electron chi connectivity index (χ4n) is 1.54. The normalized spacial score (nSPS) is 17.9. The van der Waals surface area contributed by atoms with E-state index in [0.29, 0.717) is 11.3 Å². The van der Waals surface area contributed by atoms with Crippen LogP contribution in [0, 0.1) is 0 Å². The number of rotatable bonds is 1. The molecular weight excluding hydrogens is 210 g/mol. The quantitative estimate of drug-likeness (QED) is 0.585. The molecule has 0 unspecified atom stereocenters. The first-order valence-corrected chi connectivity index (χ1v) is 5.76. The van der Waals surface area contributed by atoms with Crippen LogP contribution in [0.1, 0.15) is 22.8 Å². The molecule has 0 spiro atoms. The largest absolute Gasteiger partial charge is 0.411 e. The number of hydrogen-bond acceptors (Lipinski definition) is 4. The number of oxime groups is 1. The van der Waals surface area contributed by atoms with Crippen LogP contribution < -0.4 is 0 Å². The highest BCUT2D eigenvalue weighted by Crippen LogP contribution is 2.29. The van der Waals surface area contributed by atoms with Gasteiger partial charge in [0.05, 0.1) is 0 Å². The molecule has 0 fully saturated rings. The van der Waals surface area contributed by atoms with Gasteiger partial charge < -0.3 is 5.21 Å². The van der Waals surface area contributed by atoms with Gasteiger partial charge in [0.15, 0.2) is 0 Å². The molecule has 0 aliphatic carbocycles. The summed E-state index contributed by atoms with van der Waals surface area (Å²) in [4.78, 5) is 12.8. The molecule has 0 aromatic heterocycles. The molecule has 1 aliphatic rings. The molecule has 0 saturated heterocycles. The minimum absolute atomic E-state index is 0.151. The highest BCUT2D eigenvalue weighted by molar-refractivity contribution is 8.00. The summed E-state index contributed by atoms with van der Waals surface area (Å²) in [6.07, 6.45) is 0.900. The Morgan fingerprint density at radius 3 is 3.00 bits per heavy atom. The standard InChI is InChI=1S/C11H11NO2S/c1-2-7-3-4-10-8(5-7)11(13)9(12-14)6-15-10/h3-5,14H,2,6H2,1H3. The lowest BCUT2D eigenvalue weighted by atomic mass is 10.0.